The van der Waals surface area contributed by atoms with Gasteiger partial charge in [-0.15, -0.1) is 0 Å². The Morgan fingerprint density at radius 3 is 0.725 bits per heavy atom. The molecule has 11 heteroatoms. The summed E-state index contributed by atoms with van der Waals surface area (Å²) in [6.07, 6.45) is 0. The Kier molecular flexibility index (Phi) is 12.5. The topological polar surface area (TPSA) is 124 Å². The van der Waals surface area contributed by atoms with Crippen LogP contribution in [0.3, 0.4) is 0 Å². The van der Waals surface area contributed by atoms with E-state index in [9.17, 15) is 19.2 Å². The molecule has 2 aromatic heterocycles. The molecule has 0 radical (unpaired) electrons. The van der Waals surface area contributed by atoms with Crippen LogP contribution in [0.4, 0.5) is 0 Å². The number of benzene rings is 4. The van der Waals surface area contributed by atoms with Crippen LogP contribution in [0, 0.1) is 0 Å². The van der Waals surface area contributed by atoms with Gasteiger partial charge in [-0.25, -0.2) is 0 Å². The Labute approximate surface area is 293 Å². The van der Waals surface area contributed by atoms with Crippen LogP contribution in [0.1, 0.15) is 0 Å². The quantitative estimate of drug-likeness (QED) is 0.122. The van der Waals surface area contributed by atoms with Gasteiger partial charge in [-0.3, -0.25) is 28.3 Å². The first kappa shape index (κ1) is 35.8. The summed E-state index contributed by atoms with van der Waals surface area (Å²) in [6.45, 7) is 3.52. The molecule has 0 amide bonds. The molecule has 6 aromatic rings. The third kappa shape index (κ3) is 8.47. The molecule has 264 valence electrons. The second-order valence-electron chi connectivity index (χ2n) is 11.8. The number of fused-ring (bicyclic) bond motifs is 6. The monoisotopic (exact) mass is 692 g/mol. The van der Waals surface area contributed by atoms with Crippen LogP contribution >= 0.6 is 0 Å². The molecular formula is C40H40N2O9. The van der Waals surface area contributed by atoms with E-state index in [1.54, 1.807) is 48.5 Å². The van der Waals surface area contributed by atoms with Crippen molar-refractivity contribution in [2.45, 2.75) is 13.1 Å². The third-order valence-electron chi connectivity index (χ3n) is 8.60. The summed E-state index contributed by atoms with van der Waals surface area (Å²) in [5.41, 5.74) is -1.34. The van der Waals surface area contributed by atoms with E-state index < -0.39 is 0 Å². The summed E-state index contributed by atoms with van der Waals surface area (Å²) in [5.74, 6) is 0. The maximum atomic E-state index is 13.2. The molecule has 2 heterocycles. The highest BCUT2D eigenvalue weighted by atomic mass is 16.6. The zero-order chi connectivity index (χ0) is 35.4. The molecule has 11 nitrogen and oxygen atoms in total. The first-order valence-corrected chi connectivity index (χ1v) is 17.0. The van der Waals surface area contributed by atoms with Gasteiger partial charge in [-0.2, -0.15) is 0 Å². The Morgan fingerprint density at radius 2 is 0.490 bits per heavy atom. The van der Waals surface area contributed by atoms with Crippen molar-refractivity contribution < 1.29 is 23.7 Å². The minimum absolute atomic E-state index is 0.135. The zero-order valence-electron chi connectivity index (χ0n) is 28.3. The van der Waals surface area contributed by atoms with Crippen LogP contribution in [-0.2, 0) is 36.8 Å². The highest BCUT2D eigenvalue weighted by Gasteiger charge is 2.12. The van der Waals surface area contributed by atoms with Crippen LogP contribution < -0.4 is 22.2 Å². The second kappa shape index (κ2) is 17.8. The van der Waals surface area contributed by atoms with E-state index in [4.69, 9.17) is 23.7 Å². The smallest absolute Gasteiger partial charge is 0.261 e. The van der Waals surface area contributed by atoms with E-state index in [1.165, 1.54) is 9.13 Å². The lowest BCUT2D eigenvalue weighted by atomic mass is 10.1. The number of nitrogens with zero attached hydrogens (tertiary/aromatic N) is 2. The molecule has 0 bridgehead atoms. The van der Waals surface area contributed by atoms with Gasteiger partial charge >= 0.3 is 0 Å². The van der Waals surface area contributed by atoms with Crippen molar-refractivity contribution >= 4 is 43.1 Å². The van der Waals surface area contributed by atoms with Crippen molar-refractivity contribution in [3.8, 4) is 0 Å². The molecule has 6 rings (SSSR count). The van der Waals surface area contributed by atoms with Crippen molar-refractivity contribution in [3.05, 3.63) is 138 Å². The van der Waals surface area contributed by atoms with Gasteiger partial charge in [0, 0.05) is 21.5 Å². The Bertz CT molecular complexity index is 2060. The predicted octanol–water partition coefficient (Wildman–Crippen LogP) is 4.13. The third-order valence-corrected chi connectivity index (χ3v) is 8.60. The lowest BCUT2D eigenvalue weighted by Gasteiger charge is -2.08. The summed E-state index contributed by atoms with van der Waals surface area (Å²) in [7, 11) is 0. The van der Waals surface area contributed by atoms with Crippen molar-refractivity contribution in [1.82, 2.24) is 9.13 Å². The van der Waals surface area contributed by atoms with Gasteiger partial charge in [0.15, 0.2) is 0 Å². The van der Waals surface area contributed by atoms with Gasteiger partial charge in [-0.1, -0.05) is 72.8 Å². The van der Waals surface area contributed by atoms with E-state index in [0.29, 0.717) is 74.4 Å². The van der Waals surface area contributed by atoms with E-state index in [1.807, 2.05) is 48.5 Å². The molecule has 51 heavy (non-hydrogen) atoms. The highest BCUT2D eigenvalue weighted by molar-refractivity contribution is 6.06. The van der Waals surface area contributed by atoms with Gasteiger partial charge in [0.05, 0.1) is 79.2 Å². The van der Waals surface area contributed by atoms with Gasteiger partial charge in [-0.05, 0) is 45.8 Å². The van der Waals surface area contributed by atoms with Gasteiger partial charge < -0.3 is 23.7 Å². The molecular weight excluding hydrogens is 652 g/mol. The van der Waals surface area contributed by atoms with Crippen LogP contribution in [-0.4, -0.2) is 75.2 Å². The normalized spacial score (nSPS) is 11.6. The van der Waals surface area contributed by atoms with E-state index in [-0.39, 0.29) is 48.5 Å². The van der Waals surface area contributed by atoms with Crippen molar-refractivity contribution in [2.75, 3.05) is 66.1 Å². The molecule has 0 spiro atoms. The molecule has 0 aliphatic rings. The summed E-state index contributed by atoms with van der Waals surface area (Å²) < 4.78 is 30.4. The van der Waals surface area contributed by atoms with Crippen LogP contribution in [0.25, 0.3) is 43.1 Å². The summed E-state index contributed by atoms with van der Waals surface area (Å²) in [5, 5.41) is 4.97. The second-order valence-corrected chi connectivity index (χ2v) is 11.8. The SMILES string of the molecule is O=c1c2ccccc2c2ccccc2c(=O)n1CCOCCOCCOCCOCCOCCn1c(=O)c2ccccc2c2ccccc2c1=O. The van der Waals surface area contributed by atoms with E-state index >= 15 is 0 Å². The minimum atomic E-state index is -0.336. The molecule has 0 saturated carbocycles. The zero-order valence-corrected chi connectivity index (χ0v) is 28.3. The standard InChI is InChI=1S/C40H40N2O9/c43-37-33-13-5-1-9-29(33)30-10-2-6-14-34(30)38(44)41(37)17-19-47-21-23-49-25-27-51-28-26-50-24-22-48-20-18-42-39(45)35-15-7-3-11-31(35)32-12-4-8-16-36(32)40(42)46/h1-16H,17-28H2. The molecule has 0 atom stereocenters. The van der Waals surface area contributed by atoms with Crippen LogP contribution in [0.2, 0.25) is 0 Å². The first-order valence-electron chi connectivity index (χ1n) is 17.0. The fourth-order valence-electron chi connectivity index (χ4n) is 6.08. The largest absolute Gasteiger partial charge is 0.377 e. The minimum Gasteiger partial charge on any atom is -0.377 e. The average molecular weight is 693 g/mol. The molecule has 0 aliphatic carbocycles. The Balaban J connectivity index is 0.829. The molecule has 0 fully saturated rings. The van der Waals surface area contributed by atoms with Crippen LogP contribution in [0.15, 0.2) is 116 Å². The maximum absolute atomic E-state index is 13.2. The van der Waals surface area contributed by atoms with Gasteiger partial charge in [0.2, 0.25) is 0 Å². The van der Waals surface area contributed by atoms with E-state index in [0.717, 1.165) is 21.5 Å². The first-order chi connectivity index (χ1) is 25.1. The van der Waals surface area contributed by atoms with Crippen molar-refractivity contribution in [3.63, 3.8) is 0 Å². The number of aromatic nitrogens is 2. The molecule has 0 N–H and O–H groups in total. The summed E-state index contributed by atoms with van der Waals surface area (Å²) in [6, 6.07) is 29.0. The van der Waals surface area contributed by atoms with Crippen molar-refractivity contribution in [1.29, 1.82) is 0 Å². The fourth-order valence-corrected chi connectivity index (χ4v) is 6.08. The lowest BCUT2D eigenvalue weighted by Crippen LogP contribution is -2.32. The lowest BCUT2D eigenvalue weighted by molar-refractivity contribution is -0.0120. The number of hydrogen-bond donors (Lipinski definition) is 0. The number of ether oxygens (including phenoxy) is 5. The maximum Gasteiger partial charge on any atom is 0.261 e. The average Bonchev–Trinajstić information content (AvgIpc) is 3.32. The predicted molar refractivity (Wildman–Crippen MR) is 198 cm³/mol. The van der Waals surface area contributed by atoms with Gasteiger partial charge in [0.1, 0.15) is 0 Å². The summed E-state index contributed by atoms with van der Waals surface area (Å²) >= 11 is 0. The van der Waals surface area contributed by atoms with E-state index in [2.05, 4.69) is 0 Å². The molecule has 4 aromatic carbocycles. The van der Waals surface area contributed by atoms with Crippen LogP contribution in [0.5, 0.6) is 0 Å². The Hall–Kier alpha value is -5.04. The number of hydrogen-bond acceptors (Lipinski definition) is 9. The molecule has 0 saturated heterocycles. The molecule has 0 unspecified atom stereocenters. The summed E-state index contributed by atoms with van der Waals surface area (Å²) in [4.78, 5) is 52.9. The van der Waals surface area contributed by atoms with Gasteiger partial charge in [0.25, 0.3) is 22.2 Å². The highest BCUT2D eigenvalue weighted by Crippen LogP contribution is 2.20. The fraction of sp³-hybridized carbons (Fsp3) is 0.300. The Morgan fingerprint density at radius 1 is 0.294 bits per heavy atom. The van der Waals surface area contributed by atoms with Crippen molar-refractivity contribution in [2.24, 2.45) is 0 Å². The molecule has 0 aliphatic heterocycles. The number of rotatable bonds is 18.